The molecule has 1 aromatic heterocycles. The lowest BCUT2D eigenvalue weighted by atomic mass is 10.2. The molecular weight excluding hydrogens is 294 g/mol. The minimum atomic E-state index is -0.746. The van der Waals surface area contributed by atoms with Crippen LogP contribution in [0.15, 0.2) is 30.3 Å². The quantitative estimate of drug-likeness (QED) is 0.475. The Kier molecular flexibility index (Phi) is 4.16. The van der Waals surface area contributed by atoms with Gasteiger partial charge in [0.2, 0.25) is 5.88 Å². The molecule has 0 bridgehead atoms. The number of carbonyl (C=O) groups is 2. The van der Waals surface area contributed by atoms with E-state index in [1.807, 2.05) is 0 Å². The third-order valence-electron chi connectivity index (χ3n) is 2.76. The number of non-ortho nitro benzene ring substituents is 1. The second-order valence-electron chi connectivity index (χ2n) is 4.18. The third-order valence-corrected chi connectivity index (χ3v) is 2.76. The number of nitro groups is 1. The van der Waals surface area contributed by atoms with Gasteiger partial charge in [0.1, 0.15) is 5.69 Å². The fourth-order valence-corrected chi connectivity index (χ4v) is 1.66. The maximum atomic E-state index is 11.9. The molecule has 0 amide bonds. The zero-order chi connectivity index (χ0) is 16.3. The van der Waals surface area contributed by atoms with Crippen LogP contribution in [0.3, 0.4) is 0 Å². The molecule has 0 unspecified atom stereocenters. The van der Waals surface area contributed by atoms with Gasteiger partial charge in [-0.25, -0.2) is 9.59 Å². The Hall–Kier alpha value is -3.23. The Morgan fingerprint density at radius 2 is 1.86 bits per heavy atom. The fourth-order valence-electron chi connectivity index (χ4n) is 1.66. The van der Waals surface area contributed by atoms with Crippen LogP contribution in [-0.2, 0) is 11.8 Å². The molecule has 0 saturated heterocycles. The number of benzene rings is 1. The average Bonchev–Trinajstić information content (AvgIpc) is 2.87. The molecule has 2 rings (SSSR count). The van der Waals surface area contributed by atoms with Crippen LogP contribution in [0.2, 0.25) is 0 Å². The molecule has 22 heavy (non-hydrogen) atoms. The number of methoxy groups -OCH3 is 1. The number of aromatic nitrogens is 2. The first-order chi connectivity index (χ1) is 10.4. The van der Waals surface area contributed by atoms with Crippen molar-refractivity contribution in [2.75, 3.05) is 7.11 Å². The van der Waals surface area contributed by atoms with E-state index in [-0.39, 0.29) is 22.8 Å². The van der Waals surface area contributed by atoms with Gasteiger partial charge in [-0.2, -0.15) is 0 Å². The van der Waals surface area contributed by atoms with Crippen molar-refractivity contribution >= 4 is 17.6 Å². The van der Waals surface area contributed by atoms with Gasteiger partial charge < -0.3 is 9.47 Å². The molecule has 0 fully saturated rings. The fraction of sp³-hybridized carbons (Fsp3) is 0.154. The minimum Gasteiger partial charge on any atom is -0.464 e. The molecule has 2 aromatic rings. The predicted molar refractivity (Wildman–Crippen MR) is 72.6 cm³/mol. The van der Waals surface area contributed by atoms with Gasteiger partial charge in [0.15, 0.2) is 0 Å². The third kappa shape index (κ3) is 3.08. The number of aryl methyl sites for hydroxylation is 1. The molecule has 0 N–H and O–H groups in total. The van der Waals surface area contributed by atoms with Crippen molar-refractivity contribution in [2.45, 2.75) is 0 Å². The van der Waals surface area contributed by atoms with Gasteiger partial charge in [-0.05, 0) is 12.1 Å². The highest BCUT2D eigenvalue weighted by Gasteiger charge is 2.17. The smallest absolute Gasteiger partial charge is 0.356 e. The summed E-state index contributed by atoms with van der Waals surface area (Å²) in [5, 5.41) is 14.4. The van der Waals surface area contributed by atoms with Gasteiger partial charge >= 0.3 is 11.9 Å². The van der Waals surface area contributed by atoms with E-state index in [0.717, 1.165) is 0 Å². The van der Waals surface area contributed by atoms with E-state index in [4.69, 9.17) is 4.74 Å². The van der Waals surface area contributed by atoms with Crippen LogP contribution < -0.4 is 4.74 Å². The van der Waals surface area contributed by atoms with Crippen molar-refractivity contribution < 1.29 is 24.0 Å². The summed E-state index contributed by atoms with van der Waals surface area (Å²) in [6.45, 7) is 0. The molecule has 114 valence electrons. The molecule has 9 nitrogen and oxygen atoms in total. The molecular formula is C13H11N3O6. The number of hydrogen-bond acceptors (Lipinski definition) is 7. The number of hydrogen-bond donors (Lipinski definition) is 0. The van der Waals surface area contributed by atoms with E-state index in [2.05, 4.69) is 9.84 Å². The Bertz CT molecular complexity index is 735. The number of ether oxygens (including phenoxy) is 2. The molecule has 0 atom stereocenters. The summed E-state index contributed by atoms with van der Waals surface area (Å²) in [5.41, 5.74) is 0.104. The van der Waals surface area contributed by atoms with E-state index in [1.165, 1.54) is 49.2 Å². The van der Waals surface area contributed by atoms with Crippen molar-refractivity contribution in [1.82, 2.24) is 9.78 Å². The topological polar surface area (TPSA) is 114 Å². The van der Waals surface area contributed by atoms with Crippen LogP contribution >= 0.6 is 0 Å². The average molecular weight is 305 g/mol. The Balaban J connectivity index is 2.15. The summed E-state index contributed by atoms with van der Waals surface area (Å²) in [7, 11) is 2.72. The maximum absolute atomic E-state index is 11.9. The SMILES string of the molecule is COC(=O)c1cc(OC(=O)c2ccc([N+](=O)[O-])cc2)nn1C. The molecule has 1 heterocycles. The van der Waals surface area contributed by atoms with Gasteiger partial charge in [0.05, 0.1) is 17.6 Å². The first-order valence-corrected chi connectivity index (χ1v) is 6.01. The highest BCUT2D eigenvalue weighted by molar-refractivity contribution is 5.92. The molecule has 0 radical (unpaired) electrons. The Morgan fingerprint density at radius 1 is 1.23 bits per heavy atom. The van der Waals surface area contributed by atoms with Crippen LogP contribution in [-0.4, -0.2) is 33.8 Å². The largest absolute Gasteiger partial charge is 0.464 e. The zero-order valence-electron chi connectivity index (χ0n) is 11.7. The van der Waals surface area contributed by atoms with Gasteiger partial charge in [0.25, 0.3) is 5.69 Å². The van der Waals surface area contributed by atoms with Crippen molar-refractivity contribution in [3.8, 4) is 5.88 Å². The lowest BCUT2D eigenvalue weighted by molar-refractivity contribution is -0.384. The van der Waals surface area contributed by atoms with E-state index in [0.29, 0.717) is 0 Å². The van der Waals surface area contributed by atoms with Crippen LogP contribution in [0.1, 0.15) is 20.8 Å². The summed E-state index contributed by atoms with van der Waals surface area (Å²) in [6, 6.07) is 6.17. The summed E-state index contributed by atoms with van der Waals surface area (Å²) < 4.78 is 10.8. The number of carbonyl (C=O) groups excluding carboxylic acids is 2. The van der Waals surface area contributed by atoms with E-state index in [1.54, 1.807) is 0 Å². The number of esters is 2. The molecule has 0 aliphatic heterocycles. The zero-order valence-corrected chi connectivity index (χ0v) is 11.7. The van der Waals surface area contributed by atoms with Crippen LogP contribution in [0.5, 0.6) is 5.88 Å². The predicted octanol–water partition coefficient (Wildman–Crippen LogP) is 1.33. The van der Waals surface area contributed by atoms with Crippen molar-refractivity contribution in [1.29, 1.82) is 0 Å². The second-order valence-corrected chi connectivity index (χ2v) is 4.18. The minimum absolute atomic E-state index is 0.0775. The van der Waals surface area contributed by atoms with E-state index >= 15 is 0 Å². The van der Waals surface area contributed by atoms with Crippen LogP contribution in [0, 0.1) is 10.1 Å². The summed E-state index contributed by atoms with van der Waals surface area (Å²) in [5.74, 6) is -1.44. The lowest BCUT2D eigenvalue weighted by Crippen LogP contribution is -2.09. The highest BCUT2D eigenvalue weighted by Crippen LogP contribution is 2.16. The number of nitro benzene ring substituents is 1. The molecule has 0 saturated carbocycles. The van der Waals surface area contributed by atoms with E-state index < -0.39 is 16.9 Å². The molecule has 0 aliphatic carbocycles. The highest BCUT2D eigenvalue weighted by atomic mass is 16.6. The van der Waals surface area contributed by atoms with E-state index in [9.17, 15) is 19.7 Å². The molecule has 1 aromatic carbocycles. The molecule has 9 heteroatoms. The van der Waals surface area contributed by atoms with Crippen molar-refractivity contribution in [2.24, 2.45) is 7.05 Å². The maximum Gasteiger partial charge on any atom is 0.356 e. The number of nitrogens with zero attached hydrogens (tertiary/aromatic N) is 3. The first kappa shape index (κ1) is 15.2. The Labute approximate surface area is 124 Å². The lowest BCUT2D eigenvalue weighted by Gasteiger charge is -2.00. The summed E-state index contributed by atoms with van der Waals surface area (Å²) >= 11 is 0. The standard InChI is InChI=1S/C13H11N3O6/c1-15-10(13(18)21-2)7-11(14-15)22-12(17)8-3-5-9(6-4-8)16(19)20/h3-7H,1-2H3. The molecule has 0 spiro atoms. The number of rotatable bonds is 4. The van der Waals surface area contributed by atoms with Crippen molar-refractivity contribution in [3.05, 3.63) is 51.7 Å². The monoisotopic (exact) mass is 305 g/mol. The summed E-state index contributed by atoms with van der Waals surface area (Å²) in [6.07, 6.45) is 0. The van der Waals surface area contributed by atoms with Crippen LogP contribution in [0.4, 0.5) is 5.69 Å². The summed E-state index contributed by atoms with van der Waals surface area (Å²) in [4.78, 5) is 33.3. The van der Waals surface area contributed by atoms with Crippen molar-refractivity contribution in [3.63, 3.8) is 0 Å². The van der Waals surface area contributed by atoms with Gasteiger partial charge in [-0.1, -0.05) is 0 Å². The normalized spacial score (nSPS) is 10.1. The van der Waals surface area contributed by atoms with Crippen LogP contribution in [0.25, 0.3) is 0 Å². The first-order valence-electron chi connectivity index (χ1n) is 6.01. The second kappa shape index (κ2) is 6.04. The van der Waals surface area contributed by atoms with Gasteiger partial charge in [-0.3, -0.25) is 14.8 Å². The Morgan fingerprint density at radius 3 is 2.41 bits per heavy atom. The van der Waals surface area contributed by atoms with Gasteiger partial charge in [-0.15, -0.1) is 5.10 Å². The van der Waals surface area contributed by atoms with Gasteiger partial charge in [0, 0.05) is 25.2 Å². The molecule has 0 aliphatic rings.